The van der Waals surface area contributed by atoms with Gasteiger partial charge < -0.3 is 4.74 Å². The molecule has 0 N–H and O–H groups in total. The van der Waals surface area contributed by atoms with E-state index in [1.54, 1.807) is 7.11 Å². The van der Waals surface area contributed by atoms with Crippen LogP contribution < -0.4 is 4.74 Å². The normalized spacial score (nSPS) is 11.1. The van der Waals surface area contributed by atoms with Crippen LogP contribution in [0.2, 0.25) is 0 Å². The number of hydrogen-bond donors (Lipinski definition) is 0. The van der Waals surface area contributed by atoms with Crippen molar-refractivity contribution >= 4 is 0 Å². The summed E-state index contributed by atoms with van der Waals surface area (Å²) in [6.07, 6.45) is 0. The minimum absolute atomic E-state index is 0.408. The summed E-state index contributed by atoms with van der Waals surface area (Å²) in [5.74, 6) is 1.47. The van der Waals surface area contributed by atoms with Crippen molar-refractivity contribution in [2.75, 3.05) is 7.11 Å². The predicted octanol–water partition coefficient (Wildman–Crippen LogP) is 2.73. The topological polar surface area (TPSA) is 35.0 Å². The Bertz CT molecular complexity index is 308. The Kier molecular flexibility index (Phi) is 3.44. The van der Waals surface area contributed by atoms with Crippen molar-refractivity contribution in [2.45, 2.75) is 39.5 Å². The molecule has 3 nitrogen and oxygen atoms in total. The summed E-state index contributed by atoms with van der Waals surface area (Å²) < 4.78 is 5.17. The van der Waals surface area contributed by atoms with E-state index in [-0.39, 0.29) is 0 Å². The number of ether oxygens (including phenoxy) is 1. The maximum absolute atomic E-state index is 5.17. The summed E-state index contributed by atoms with van der Waals surface area (Å²) in [7, 11) is 1.63. The fourth-order valence-corrected chi connectivity index (χ4v) is 1.27. The largest absolute Gasteiger partial charge is 0.480 e. The Morgan fingerprint density at radius 2 is 1.71 bits per heavy atom. The zero-order valence-corrected chi connectivity index (χ0v) is 9.53. The first-order valence-corrected chi connectivity index (χ1v) is 4.97. The van der Waals surface area contributed by atoms with E-state index in [0.717, 1.165) is 11.3 Å². The van der Waals surface area contributed by atoms with Crippen molar-refractivity contribution in [1.82, 2.24) is 10.2 Å². The van der Waals surface area contributed by atoms with Gasteiger partial charge in [0.1, 0.15) is 0 Å². The van der Waals surface area contributed by atoms with Crippen LogP contribution in [-0.2, 0) is 0 Å². The summed E-state index contributed by atoms with van der Waals surface area (Å²) in [5.41, 5.74) is 2.15. The molecule has 0 amide bonds. The smallest absolute Gasteiger partial charge is 0.236 e. The summed E-state index contributed by atoms with van der Waals surface area (Å²) in [5, 5.41) is 8.18. The number of nitrogens with zero attached hydrogens (tertiary/aromatic N) is 2. The molecule has 0 saturated heterocycles. The van der Waals surface area contributed by atoms with Crippen LogP contribution >= 0.6 is 0 Å². The van der Waals surface area contributed by atoms with Crippen LogP contribution in [0.3, 0.4) is 0 Å². The van der Waals surface area contributed by atoms with E-state index in [9.17, 15) is 0 Å². The molecular weight excluding hydrogens is 176 g/mol. The Balaban J connectivity index is 3.14. The summed E-state index contributed by atoms with van der Waals surface area (Å²) in [4.78, 5) is 0. The van der Waals surface area contributed by atoms with Gasteiger partial charge in [-0.2, -0.15) is 5.10 Å². The molecule has 0 saturated carbocycles. The average molecular weight is 194 g/mol. The quantitative estimate of drug-likeness (QED) is 0.742. The molecule has 1 rings (SSSR count). The molecule has 1 aromatic rings. The molecule has 0 aliphatic rings. The first-order chi connectivity index (χ1) is 6.56. The van der Waals surface area contributed by atoms with Crippen molar-refractivity contribution in [3.8, 4) is 5.88 Å². The molecule has 78 valence electrons. The third kappa shape index (κ3) is 2.22. The molecule has 0 aromatic carbocycles. The lowest BCUT2D eigenvalue weighted by Gasteiger charge is -2.12. The maximum atomic E-state index is 5.17. The molecule has 0 radical (unpaired) electrons. The minimum atomic E-state index is 0.408. The SMILES string of the molecule is COc1nnc(C(C)C)cc1C(C)C. The second-order valence-electron chi connectivity index (χ2n) is 4.04. The van der Waals surface area contributed by atoms with Gasteiger partial charge in [0.25, 0.3) is 0 Å². The Hall–Kier alpha value is -1.12. The lowest BCUT2D eigenvalue weighted by Crippen LogP contribution is -2.03. The van der Waals surface area contributed by atoms with Crippen molar-refractivity contribution in [2.24, 2.45) is 0 Å². The Morgan fingerprint density at radius 3 is 2.14 bits per heavy atom. The first kappa shape index (κ1) is 11.0. The van der Waals surface area contributed by atoms with Gasteiger partial charge in [0.15, 0.2) is 0 Å². The number of methoxy groups -OCH3 is 1. The van der Waals surface area contributed by atoms with Crippen molar-refractivity contribution in [3.05, 3.63) is 17.3 Å². The molecule has 0 spiro atoms. The third-order valence-corrected chi connectivity index (χ3v) is 2.21. The highest BCUT2D eigenvalue weighted by Crippen LogP contribution is 2.25. The van der Waals surface area contributed by atoms with Crippen LogP contribution in [0.1, 0.15) is 50.8 Å². The lowest BCUT2D eigenvalue weighted by molar-refractivity contribution is 0.383. The van der Waals surface area contributed by atoms with E-state index in [1.165, 1.54) is 0 Å². The highest BCUT2D eigenvalue weighted by molar-refractivity contribution is 5.30. The summed E-state index contributed by atoms with van der Waals surface area (Å²) >= 11 is 0. The lowest BCUT2D eigenvalue weighted by atomic mass is 10.0. The number of rotatable bonds is 3. The van der Waals surface area contributed by atoms with Crippen molar-refractivity contribution in [1.29, 1.82) is 0 Å². The average Bonchev–Trinajstić information content (AvgIpc) is 2.16. The molecule has 0 unspecified atom stereocenters. The molecule has 0 aliphatic carbocycles. The van der Waals surface area contributed by atoms with Crippen LogP contribution in [0.5, 0.6) is 5.88 Å². The van der Waals surface area contributed by atoms with Crippen molar-refractivity contribution in [3.63, 3.8) is 0 Å². The molecule has 0 aliphatic heterocycles. The number of aromatic nitrogens is 2. The van der Waals surface area contributed by atoms with Gasteiger partial charge in [-0.15, -0.1) is 5.10 Å². The van der Waals surface area contributed by atoms with E-state index in [0.29, 0.717) is 17.7 Å². The monoisotopic (exact) mass is 194 g/mol. The number of hydrogen-bond acceptors (Lipinski definition) is 3. The highest BCUT2D eigenvalue weighted by Gasteiger charge is 2.12. The van der Waals surface area contributed by atoms with Crippen LogP contribution in [0.25, 0.3) is 0 Å². The second kappa shape index (κ2) is 4.40. The predicted molar refractivity (Wildman–Crippen MR) is 56.8 cm³/mol. The van der Waals surface area contributed by atoms with Crippen LogP contribution in [0.4, 0.5) is 0 Å². The van der Waals surface area contributed by atoms with Crippen LogP contribution in [0, 0.1) is 0 Å². The van der Waals surface area contributed by atoms with Gasteiger partial charge in [-0.25, -0.2) is 0 Å². The van der Waals surface area contributed by atoms with E-state index < -0.39 is 0 Å². The fourth-order valence-electron chi connectivity index (χ4n) is 1.27. The molecule has 14 heavy (non-hydrogen) atoms. The molecule has 0 atom stereocenters. The van der Waals surface area contributed by atoms with Gasteiger partial charge in [-0.1, -0.05) is 27.7 Å². The molecule has 3 heteroatoms. The first-order valence-electron chi connectivity index (χ1n) is 4.97. The van der Waals surface area contributed by atoms with Gasteiger partial charge in [0, 0.05) is 5.56 Å². The molecular formula is C11H18N2O. The molecule has 0 bridgehead atoms. The van der Waals surface area contributed by atoms with Gasteiger partial charge in [-0.3, -0.25) is 0 Å². The van der Waals surface area contributed by atoms with Gasteiger partial charge in [0.2, 0.25) is 5.88 Å². The van der Waals surface area contributed by atoms with E-state index in [4.69, 9.17) is 4.74 Å². The van der Waals surface area contributed by atoms with Crippen LogP contribution in [0.15, 0.2) is 6.07 Å². The van der Waals surface area contributed by atoms with Gasteiger partial charge in [-0.05, 0) is 17.9 Å². The van der Waals surface area contributed by atoms with Crippen molar-refractivity contribution < 1.29 is 4.74 Å². The summed E-state index contributed by atoms with van der Waals surface area (Å²) in [6.45, 7) is 8.48. The third-order valence-electron chi connectivity index (χ3n) is 2.21. The van der Waals surface area contributed by atoms with E-state index in [1.807, 2.05) is 0 Å². The van der Waals surface area contributed by atoms with E-state index in [2.05, 4.69) is 44.0 Å². The fraction of sp³-hybridized carbons (Fsp3) is 0.636. The molecule has 0 fully saturated rings. The Morgan fingerprint density at radius 1 is 1.07 bits per heavy atom. The minimum Gasteiger partial charge on any atom is -0.480 e. The summed E-state index contributed by atoms with van der Waals surface area (Å²) in [6, 6.07) is 2.08. The maximum Gasteiger partial charge on any atom is 0.236 e. The Labute approximate surface area is 85.5 Å². The molecule has 1 aromatic heterocycles. The van der Waals surface area contributed by atoms with Crippen LogP contribution in [-0.4, -0.2) is 17.3 Å². The molecule has 1 heterocycles. The standard InChI is InChI=1S/C11H18N2O/c1-7(2)9-6-10(8(3)4)12-13-11(9)14-5/h6-8H,1-5H3. The van der Waals surface area contributed by atoms with E-state index >= 15 is 0 Å². The zero-order chi connectivity index (χ0) is 10.7. The second-order valence-corrected chi connectivity index (χ2v) is 4.04. The zero-order valence-electron chi connectivity index (χ0n) is 9.53. The van der Waals surface area contributed by atoms with Gasteiger partial charge in [0.05, 0.1) is 12.8 Å². The van der Waals surface area contributed by atoms with Gasteiger partial charge >= 0.3 is 0 Å². The highest BCUT2D eigenvalue weighted by atomic mass is 16.5.